The molecule has 0 bridgehead atoms. The van der Waals surface area contributed by atoms with Gasteiger partial charge in [-0.25, -0.2) is 4.79 Å². The number of ether oxygens (including phenoxy) is 1. The van der Waals surface area contributed by atoms with Gasteiger partial charge in [-0.1, -0.05) is 27.7 Å². The minimum absolute atomic E-state index is 0.118. The monoisotopic (exact) mass is 453 g/mol. The molecule has 2 heterocycles. The van der Waals surface area contributed by atoms with Crippen molar-refractivity contribution in [1.29, 1.82) is 0 Å². The molecule has 1 aromatic heterocycles. The summed E-state index contributed by atoms with van der Waals surface area (Å²) in [5.74, 6) is -0.0598. The van der Waals surface area contributed by atoms with Gasteiger partial charge in [0.25, 0.3) is 5.91 Å². The third kappa shape index (κ3) is 4.37. The number of hydrogen-bond acceptors (Lipinski definition) is 4. The standard InChI is InChI=1S/C26H35N3O4/c1-24(2,3)33-23(32)29-11-10-16(13-29)27-22(31)15-8-9-18-17(12-15)19-20(28-18)21(30)26(6,7)14-25(19,4)5/h8-9,12,16,28H,10-11,13-14H2,1-7H3,(H,27,31). The average Bonchev–Trinajstić information content (AvgIpc) is 3.28. The summed E-state index contributed by atoms with van der Waals surface area (Å²) in [6.07, 6.45) is 1.08. The van der Waals surface area contributed by atoms with Crippen LogP contribution in [0.5, 0.6) is 0 Å². The van der Waals surface area contributed by atoms with Gasteiger partial charge in [0, 0.05) is 41.0 Å². The van der Waals surface area contributed by atoms with E-state index in [1.807, 2.05) is 46.8 Å². The van der Waals surface area contributed by atoms with Crippen LogP contribution < -0.4 is 5.32 Å². The van der Waals surface area contributed by atoms with Crippen molar-refractivity contribution in [2.24, 2.45) is 5.41 Å². The van der Waals surface area contributed by atoms with Crippen molar-refractivity contribution in [2.45, 2.75) is 78.4 Å². The number of benzene rings is 1. The Morgan fingerprint density at radius 1 is 1.15 bits per heavy atom. The van der Waals surface area contributed by atoms with Gasteiger partial charge in [-0.15, -0.1) is 0 Å². The summed E-state index contributed by atoms with van der Waals surface area (Å²) in [7, 11) is 0. The topological polar surface area (TPSA) is 91.5 Å². The molecule has 7 nitrogen and oxygen atoms in total. The van der Waals surface area contributed by atoms with Gasteiger partial charge in [-0.2, -0.15) is 0 Å². The highest BCUT2D eigenvalue weighted by Crippen LogP contribution is 2.48. The number of hydrogen-bond donors (Lipinski definition) is 2. The zero-order valence-electron chi connectivity index (χ0n) is 20.7. The lowest BCUT2D eigenvalue weighted by atomic mass is 9.63. The number of likely N-dealkylation sites (tertiary alicyclic amines) is 1. The van der Waals surface area contributed by atoms with E-state index in [1.165, 1.54) is 0 Å². The molecule has 2 amide bonds. The van der Waals surface area contributed by atoms with E-state index in [0.29, 0.717) is 30.8 Å². The molecule has 0 radical (unpaired) electrons. The lowest BCUT2D eigenvalue weighted by Gasteiger charge is -2.39. The molecule has 2 aliphatic rings. The van der Waals surface area contributed by atoms with Crippen molar-refractivity contribution in [3.63, 3.8) is 0 Å². The van der Waals surface area contributed by atoms with Crippen molar-refractivity contribution < 1.29 is 19.1 Å². The smallest absolute Gasteiger partial charge is 0.410 e. The number of amides is 2. The highest BCUT2D eigenvalue weighted by atomic mass is 16.6. The number of fused-ring (bicyclic) bond motifs is 3. The number of rotatable bonds is 2. The molecule has 2 N–H and O–H groups in total. The van der Waals surface area contributed by atoms with Crippen LogP contribution in [0.3, 0.4) is 0 Å². The van der Waals surface area contributed by atoms with Crippen molar-refractivity contribution in [3.8, 4) is 0 Å². The average molecular weight is 454 g/mol. The Morgan fingerprint density at radius 2 is 1.85 bits per heavy atom. The van der Waals surface area contributed by atoms with Gasteiger partial charge in [0.15, 0.2) is 5.78 Å². The SMILES string of the molecule is CC(C)(C)OC(=O)N1CCC(NC(=O)c2ccc3[nH]c4c(c3c2)C(C)(C)CC(C)(C)C4=O)C1. The highest BCUT2D eigenvalue weighted by molar-refractivity contribution is 6.08. The van der Waals surface area contributed by atoms with Crippen LogP contribution in [-0.4, -0.2) is 52.4 Å². The zero-order valence-corrected chi connectivity index (χ0v) is 20.7. The lowest BCUT2D eigenvalue weighted by molar-refractivity contribution is 0.0290. The van der Waals surface area contributed by atoms with Gasteiger partial charge in [-0.3, -0.25) is 9.59 Å². The first-order chi connectivity index (χ1) is 15.2. The molecular weight excluding hydrogens is 418 g/mol. The molecule has 1 saturated heterocycles. The Hall–Kier alpha value is -2.83. The lowest BCUT2D eigenvalue weighted by Crippen LogP contribution is -2.40. The van der Waals surface area contributed by atoms with E-state index in [2.05, 4.69) is 24.1 Å². The van der Waals surface area contributed by atoms with Crippen molar-refractivity contribution in [2.75, 3.05) is 13.1 Å². The largest absolute Gasteiger partial charge is 0.444 e. The minimum atomic E-state index is -0.548. The second kappa shape index (κ2) is 7.61. The molecule has 4 rings (SSSR count). The zero-order chi connectivity index (χ0) is 24.3. The Kier molecular flexibility index (Phi) is 5.38. The molecular formula is C26H35N3O4. The number of carbonyl (C=O) groups excluding carboxylic acids is 3. The maximum atomic E-state index is 13.1. The first-order valence-electron chi connectivity index (χ1n) is 11.7. The van der Waals surface area contributed by atoms with E-state index < -0.39 is 11.0 Å². The van der Waals surface area contributed by atoms with Crippen LogP contribution in [0.1, 0.15) is 87.7 Å². The number of nitrogens with zero attached hydrogens (tertiary/aromatic N) is 1. The minimum Gasteiger partial charge on any atom is -0.444 e. The molecule has 1 fully saturated rings. The number of aromatic amines is 1. The van der Waals surface area contributed by atoms with Crippen LogP contribution in [0.15, 0.2) is 18.2 Å². The molecule has 33 heavy (non-hydrogen) atoms. The molecule has 2 aromatic rings. The van der Waals surface area contributed by atoms with E-state index in [1.54, 1.807) is 11.0 Å². The molecule has 1 atom stereocenters. The van der Waals surface area contributed by atoms with Gasteiger partial charge in [0.2, 0.25) is 0 Å². The van der Waals surface area contributed by atoms with Gasteiger partial charge >= 0.3 is 6.09 Å². The number of H-pyrrole nitrogens is 1. The number of aromatic nitrogens is 1. The number of ketones is 1. The highest BCUT2D eigenvalue weighted by Gasteiger charge is 2.45. The molecule has 1 aromatic carbocycles. The molecule has 1 aliphatic heterocycles. The maximum absolute atomic E-state index is 13.1. The van der Waals surface area contributed by atoms with E-state index >= 15 is 0 Å². The van der Waals surface area contributed by atoms with Gasteiger partial charge in [-0.05, 0) is 62.8 Å². The van der Waals surface area contributed by atoms with Gasteiger partial charge in [0.05, 0.1) is 5.69 Å². The molecule has 7 heteroatoms. The summed E-state index contributed by atoms with van der Waals surface area (Å²) in [5.41, 5.74) is 1.90. The fourth-order valence-corrected chi connectivity index (χ4v) is 5.46. The summed E-state index contributed by atoms with van der Waals surface area (Å²) in [4.78, 5) is 43.4. The Bertz CT molecular complexity index is 1140. The van der Waals surface area contributed by atoms with Crippen LogP contribution in [0.25, 0.3) is 10.9 Å². The summed E-state index contributed by atoms with van der Waals surface area (Å²) >= 11 is 0. The Labute approximate surface area is 195 Å². The van der Waals surface area contributed by atoms with E-state index in [4.69, 9.17) is 4.74 Å². The molecule has 0 saturated carbocycles. The second-order valence-electron chi connectivity index (χ2n) is 11.8. The van der Waals surface area contributed by atoms with Gasteiger partial charge < -0.3 is 19.9 Å². The third-order valence-electron chi connectivity index (χ3n) is 6.64. The number of carbonyl (C=O) groups is 3. The summed E-state index contributed by atoms with van der Waals surface area (Å²) in [5, 5.41) is 3.98. The molecule has 0 spiro atoms. The number of nitrogens with one attached hydrogen (secondary N) is 2. The first kappa shape index (κ1) is 23.3. The fraction of sp³-hybridized carbons (Fsp3) is 0.577. The molecule has 1 aliphatic carbocycles. The maximum Gasteiger partial charge on any atom is 0.410 e. The summed E-state index contributed by atoms with van der Waals surface area (Å²) in [6.45, 7) is 14.8. The van der Waals surface area contributed by atoms with Crippen LogP contribution in [-0.2, 0) is 10.2 Å². The molecule has 1 unspecified atom stereocenters. The second-order valence-corrected chi connectivity index (χ2v) is 11.8. The quantitative estimate of drug-likeness (QED) is 0.683. The van der Waals surface area contributed by atoms with Crippen molar-refractivity contribution in [3.05, 3.63) is 35.0 Å². The van der Waals surface area contributed by atoms with E-state index in [9.17, 15) is 14.4 Å². The summed E-state index contributed by atoms with van der Waals surface area (Å²) in [6, 6.07) is 5.41. The van der Waals surface area contributed by atoms with E-state index in [0.717, 1.165) is 22.9 Å². The van der Waals surface area contributed by atoms with Crippen molar-refractivity contribution in [1.82, 2.24) is 15.2 Å². The fourth-order valence-electron chi connectivity index (χ4n) is 5.46. The summed E-state index contributed by atoms with van der Waals surface area (Å²) < 4.78 is 5.44. The predicted octanol–water partition coefficient (Wildman–Crippen LogP) is 4.80. The third-order valence-corrected chi connectivity index (χ3v) is 6.64. The normalized spacial score (nSPS) is 21.7. The van der Waals surface area contributed by atoms with Crippen LogP contribution in [0.4, 0.5) is 4.79 Å². The first-order valence-corrected chi connectivity index (χ1v) is 11.7. The van der Waals surface area contributed by atoms with Crippen molar-refractivity contribution >= 4 is 28.7 Å². The molecule has 178 valence electrons. The van der Waals surface area contributed by atoms with Crippen LogP contribution in [0, 0.1) is 5.41 Å². The number of Topliss-reactive ketones (excluding diaryl/α,β-unsaturated/α-hetero) is 1. The van der Waals surface area contributed by atoms with E-state index in [-0.39, 0.29) is 29.2 Å². The predicted molar refractivity (Wildman–Crippen MR) is 128 cm³/mol. The van der Waals surface area contributed by atoms with Gasteiger partial charge in [0.1, 0.15) is 5.60 Å². The Morgan fingerprint density at radius 3 is 2.52 bits per heavy atom. The van der Waals surface area contributed by atoms with Crippen LogP contribution in [0.2, 0.25) is 0 Å². The van der Waals surface area contributed by atoms with Crippen LogP contribution >= 0.6 is 0 Å². The Balaban J connectivity index is 1.54.